The molecule has 0 aliphatic carbocycles. The number of β-lactam (4-membered cyclic amide) rings is 1. The van der Waals surface area contributed by atoms with Crippen molar-refractivity contribution in [1.29, 1.82) is 0 Å². The second-order valence-electron chi connectivity index (χ2n) is 11.8. The zero-order valence-electron chi connectivity index (χ0n) is 27.4. The Kier molecular flexibility index (Phi) is 10.7. The standard InChI is InChI=1S/C30H32N10O10S2/c1-30(2,28(48)49)50-38-19(16-11-52-29(32)36-16)24(44)37-20-25(45)40-21(27(46)47)14(10-51-26(20)40)8-39-9-15(22(31)35-12-39)33-5-6-34-23(43)13-3-4-17(41)18(42)7-13/h3-4,7,9,11-12,20,26,31,33H,5-6,8,10H2,1-2H3,(H8,32,34,36,37,38,41,42,43,44,46,47,48,49)/p+1/t20-,26?/m1/s1. The summed E-state index contributed by atoms with van der Waals surface area (Å²) in [5, 5.41) is 51.3. The van der Waals surface area contributed by atoms with Crippen molar-refractivity contribution in [3.8, 4) is 11.5 Å². The van der Waals surface area contributed by atoms with E-state index in [-0.39, 0.29) is 59.0 Å². The van der Waals surface area contributed by atoms with E-state index in [1.165, 1.54) is 49.4 Å². The Balaban J connectivity index is 1.25. The van der Waals surface area contributed by atoms with E-state index < -0.39 is 58.1 Å². The summed E-state index contributed by atoms with van der Waals surface area (Å²) in [5.41, 5.74) is 10.1. The Hall–Kier alpha value is -6.16. The number of anilines is 3. The Morgan fingerprint density at radius 1 is 1.15 bits per heavy atom. The highest BCUT2D eigenvalue weighted by Crippen LogP contribution is 2.40. The fraction of sp³-hybridized carbons (Fsp3) is 0.300. The molecule has 11 N–H and O–H groups in total. The number of phenolic OH excluding ortho intramolecular Hbond substituents is 2. The maximum Gasteiger partial charge on any atom is 0.352 e. The number of hydrogen-bond acceptors (Lipinski definition) is 16. The van der Waals surface area contributed by atoms with Gasteiger partial charge in [0, 0.05) is 35.4 Å². The van der Waals surface area contributed by atoms with Crippen LogP contribution in [-0.2, 0) is 30.6 Å². The topological polar surface area (TPSA) is 309 Å². The molecule has 2 aromatic heterocycles. The molecule has 0 bridgehead atoms. The summed E-state index contributed by atoms with van der Waals surface area (Å²) in [6.07, 6.45) is 2.98. The zero-order chi connectivity index (χ0) is 37.9. The second-order valence-corrected chi connectivity index (χ2v) is 13.8. The molecule has 4 heterocycles. The number of rotatable bonds is 14. The highest BCUT2D eigenvalue weighted by molar-refractivity contribution is 8.00. The molecule has 20 nitrogen and oxygen atoms in total. The molecule has 1 unspecified atom stereocenters. The highest BCUT2D eigenvalue weighted by atomic mass is 32.2. The molecular formula is C30H33N10O10S2+. The lowest BCUT2D eigenvalue weighted by Crippen LogP contribution is -2.71. The van der Waals surface area contributed by atoms with Crippen LogP contribution in [0.2, 0.25) is 0 Å². The van der Waals surface area contributed by atoms with Gasteiger partial charge in [0.15, 0.2) is 22.3 Å². The van der Waals surface area contributed by atoms with E-state index in [0.29, 0.717) is 11.3 Å². The van der Waals surface area contributed by atoms with Crippen LogP contribution >= 0.6 is 23.1 Å². The Bertz CT molecular complexity index is 2020. The molecule has 0 saturated carbocycles. The van der Waals surface area contributed by atoms with Crippen molar-refractivity contribution in [3.63, 3.8) is 0 Å². The predicted octanol–water partition coefficient (Wildman–Crippen LogP) is -0.734. The van der Waals surface area contributed by atoms with Crippen molar-refractivity contribution in [2.24, 2.45) is 5.16 Å². The number of nitrogens with two attached hydrogens (primary N) is 2. The van der Waals surface area contributed by atoms with E-state index in [0.717, 1.165) is 22.3 Å². The number of hydrogen-bond donors (Lipinski definition) is 9. The Morgan fingerprint density at radius 2 is 1.90 bits per heavy atom. The van der Waals surface area contributed by atoms with Crippen molar-refractivity contribution in [2.45, 2.75) is 37.4 Å². The van der Waals surface area contributed by atoms with Crippen LogP contribution in [0, 0.1) is 0 Å². The van der Waals surface area contributed by atoms with E-state index in [1.54, 1.807) is 10.8 Å². The van der Waals surface area contributed by atoms with Crippen LogP contribution in [0.4, 0.5) is 16.6 Å². The molecular weight excluding hydrogens is 725 g/mol. The summed E-state index contributed by atoms with van der Waals surface area (Å²) in [5.74, 6) is -5.29. The molecule has 2 aliphatic heterocycles. The normalized spacial score (nSPS) is 17.2. The monoisotopic (exact) mass is 757 g/mol. The van der Waals surface area contributed by atoms with Crippen LogP contribution in [0.5, 0.6) is 11.5 Å². The molecule has 1 saturated heterocycles. The molecule has 3 amide bonds. The third-order valence-electron chi connectivity index (χ3n) is 7.65. The number of aromatic nitrogens is 3. The fourth-order valence-electron chi connectivity index (χ4n) is 4.87. The van der Waals surface area contributed by atoms with Gasteiger partial charge >= 0.3 is 11.9 Å². The van der Waals surface area contributed by atoms with Crippen LogP contribution in [0.25, 0.3) is 0 Å². The largest absolute Gasteiger partial charge is 0.504 e. The van der Waals surface area contributed by atoms with Gasteiger partial charge in [0.1, 0.15) is 41.2 Å². The lowest BCUT2D eigenvalue weighted by molar-refractivity contribution is -0.691. The number of carboxylic acid groups (broad SMARTS) is 2. The number of aliphatic carboxylic acids is 2. The number of benzene rings is 1. The number of nitrogen functional groups attached to an aromatic ring is 2. The van der Waals surface area contributed by atoms with Crippen molar-refractivity contribution in [2.75, 3.05) is 35.6 Å². The van der Waals surface area contributed by atoms with Crippen molar-refractivity contribution < 1.29 is 53.8 Å². The van der Waals surface area contributed by atoms with Crippen LogP contribution in [0.1, 0.15) is 29.9 Å². The number of oxime groups is 1. The molecule has 2 aliphatic rings. The van der Waals surface area contributed by atoms with Gasteiger partial charge in [-0.05, 0) is 37.0 Å². The van der Waals surface area contributed by atoms with E-state index in [2.05, 4.69) is 31.1 Å². The first-order valence-electron chi connectivity index (χ1n) is 15.2. The van der Waals surface area contributed by atoms with Crippen molar-refractivity contribution >= 4 is 75.1 Å². The summed E-state index contributed by atoms with van der Waals surface area (Å²) in [6, 6.07) is 2.53. The van der Waals surface area contributed by atoms with Gasteiger partial charge in [0.2, 0.25) is 5.60 Å². The maximum atomic E-state index is 13.3. The predicted molar refractivity (Wildman–Crippen MR) is 185 cm³/mol. The number of thiazole rings is 1. The minimum atomic E-state index is -1.80. The SMILES string of the molecule is CC(C)(O/N=C(\C(=O)N[C@@H]1C(=O)N2C(C(=O)O)=C(C[n+]3cnc(N)c(NCCNC(=O)c4ccc(O)c(O)c4)c3)CSC12)c1csc(N)n1)C(=O)O. The Labute approximate surface area is 302 Å². The quantitative estimate of drug-likeness (QED) is 0.0244. The molecule has 274 valence electrons. The number of carbonyl (C=O) groups excluding carboxylic acids is 3. The number of aromatic hydroxyl groups is 2. The number of amides is 3. The van der Waals surface area contributed by atoms with Crippen molar-refractivity contribution in [1.82, 2.24) is 25.5 Å². The summed E-state index contributed by atoms with van der Waals surface area (Å²) >= 11 is 2.21. The third-order valence-corrected chi connectivity index (χ3v) is 9.66. The summed E-state index contributed by atoms with van der Waals surface area (Å²) in [7, 11) is 0. The first-order chi connectivity index (χ1) is 24.6. The first kappa shape index (κ1) is 37.1. The Morgan fingerprint density at radius 3 is 2.56 bits per heavy atom. The first-order valence-corrected chi connectivity index (χ1v) is 17.1. The van der Waals surface area contributed by atoms with Crippen LogP contribution in [0.15, 0.2) is 52.5 Å². The fourth-order valence-corrected chi connectivity index (χ4v) is 6.75. The van der Waals surface area contributed by atoms with Gasteiger partial charge in [-0.3, -0.25) is 19.3 Å². The molecule has 0 spiro atoms. The summed E-state index contributed by atoms with van der Waals surface area (Å²) in [4.78, 5) is 77.4. The van der Waals surface area contributed by atoms with Gasteiger partial charge in [0.25, 0.3) is 29.9 Å². The average Bonchev–Trinajstić information content (AvgIpc) is 3.52. The number of nitrogens with one attached hydrogen (secondary N) is 3. The second kappa shape index (κ2) is 15.0. The van der Waals surface area contributed by atoms with Crippen molar-refractivity contribution in [3.05, 3.63) is 58.6 Å². The molecule has 0 radical (unpaired) electrons. The van der Waals surface area contributed by atoms with Gasteiger partial charge in [-0.25, -0.2) is 19.1 Å². The minimum Gasteiger partial charge on any atom is -0.504 e. The summed E-state index contributed by atoms with van der Waals surface area (Å²) in [6.45, 7) is 2.83. The van der Waals surface area contributed by atoms with Crippen LogP contribution in [-0.4, -0.2) is 107 Å². The molecule has 2 atom stereocenters. The highest BCUT2D eigenvalue weighted by Gasteiger charge is 2.54. The zero-order valence-corrected chi connectivity index (χ0v) is 29.0. The van der Waals surface area contributed by atoms with Crippen LogP contribution < -0.4 is 32.0 Å². The molecule has 5 rings (SSSR count). The number of carboxylic acids is 2. The number of nitrogens with zero attached hydrogens (tertiary/aromatic N) is 5. The number of phenols is 2. The van der Waals surface area contributed by atoms with E-state index in [1.807, 2.05) is 0 Å². The lowest BCUT2D eigenvalue weighted by atomic mass is 10.0. The molecule has 3 aromatic rings. The number of carbonyl (C=O) groups is 5. The van der Waals surface area contributed by atoms with E-state index in [9.17, 15) is 44.4 Å². The minimum absolute atomic E-state index is 0.0162. The van der Waals surface area contributed by atoms with E-state index in [4.69, 9.17) is 16.3 Å². The molecule has 1 fully saturated rings. The lowest BCUT2D eigenvalue weighted by Gasteiger charge is -2.49. The van der Waals surface area contributed by atoms with Gasteiger partial charge < -0.3 is 52.7 Å². The molecule has 22 heteroatoms. The third kappa shape index (κ3) is 7.91. The number of thioether (sulfide) groups is 1. The average molecular weight is 758 g/mol. The smallest absolute Gasteiger partial charge is 0.352 e. The van der Waals surface area contributed by atoms with Gasteiger partial charge in [0.05, 0.1) is 0 Å². The molecule has 52 heavy (non-hydrogen) atoms. The van der Waals surface area contributed by atoms with Gasteiger partial charge in [-0.1, -0.05) is 5.16 Å². The van der Waals surface area contributed by atoms with Gasteiger partial charge in [-0.15, -0.1) is 23.1 Å². The maximum absolute atomic E-state index is 13.3. The summed E-state index contributed by atoms with van der Waals surface area (Å²) < 4.78 is 1.57. The van der Waals surface area contributed by atoms with Crippen LogP contribution in [0.3, 0.4) is 0 Å². The van der Waals surface area contributed by atoms with E-state index >= 15 is 0 Å². The van der Waals surface area contributed by atoms with Gasteiger partial charge in [-0.2, -0.15) is 0 Å². The molecule has 1 aromatic carbocycles. The number of fused-ring (bicyclic) bond motifs is 1.